The van der Waals surface area contributed by atoms with Gasteiger partial charge in [-0.05, 0) is 60.7 Å². The summed E-state index contributed by atoms with van der Waals surface area (Å²) in [5, 5.41) is 0. The van der Waals surface area contributed by atoms with Gasteiger partial charge in [0, 0.05) is 16.6 Å². The van der Waals surface area contributed by atoms with Crippen molar-refractivity contribution in [3.8, 4) is 0 Å². The second-order valence-electron chi connectivity index (χ2n) is 6.93. The Balaban J connectivity index is 1.96. The molecular formula is C22H16N6O2. The normalized spacial score (nSPS) is 12.3. The van der Waals surface area contributed by atoms with E-state index in [0.29, 0.717) is 28.3 Å². The van der Waals surface area contributed by atoms with Gasteiger partial charge in [0.1, 0.15) is 0 Å². The fraction of sp³-hybridized carbons (Fsp3) is 0. The molecule has 8 nitrogen and oxygen atoms in total. The highest BCUT2D eigenvalue weighted by molar-refractivity contribution is 6.05. The third kappa shape index (κ3) is 2.96. The zero-order valence-corrected chi connectivity index (χ0v) is 15.6. The third-order valence-electron chi connectivity index (χ3n) is 4.89. The first kappa shape index (κ1) is 17.6. The first-order valence-electron chi connectivity index (χ1n) is 9.18. The molecule has 0 aromatic carbocycles. The van der Waals surface area contributed by atoms with E-state index in [2.05, 4.69) is 19.9 Å². The summed E-state index contributed by atoms with van der Waals surface area (Å²) in [4.78, 5) is 39.8. The SMILES string of the molecule is NC(=O)c1c2nc(cc3ccc(cc4ccc([nH]4)c(C(N)=O)c4nc1C=C4)[nH]3)C=C2. The molecular weight excluding hydrogens is 380 g/mol. The molecule has 0 saturated heterocycles. The summed E-state index contributed by atoms with van der Waals surface area (Å²) in [6.07, 6.45) is 6.76. The van der Waals surface area contributed by atoms with Crippen molar-refractivity contribution in [3.05, 3.63) is 70.3 Å². The highest BCUT2D eigenvalue weighted by Gasteiger charge is 2.19. The lowest BCUT2D eigenvalue weighted by molar-refractivity contribution is 0.0992. The minimum Gasteiger partial charge on any atom is -0.365 e. The molecule has 3 aromatic rings. The van der Waals surface area contributed by atoms with Crippen LogP contribution in [0.25, 0.3) is 46.4 Å². The number of hydrogen-bond donors (Lipinski definition) is 4. The first-order valence-corrected chi connectivity index (χ1v) is 9.18. The molecule has 6 N–H and O–H groups in total. The number of carbonyl (C=O) groups is 2. The molecule has 0 spiro atoms. The summed E-state index contributed by atoms with van der Waals surface area (Å²) in [7, 11) is 0. The van der Waals surface area contributed by atoms with Crippen LogP contribution in [0.15, 0.2) is 36.4 Å². The number of rotatable bonds is 2. The number of nitrogens with two attached hydrogens (primary N) is 2. The predicted molar refractivity (Wildman–Crippen MR) is 116 cm³/mol. The molecule has 3 aromatic heterocycles. The first-order chi connectivity index (χ1) is 14.5. The van der Waals surface area contributed by atoms with Crippen LogP contribution in [-0.2, 0) is 0 Å². The number of nitrogens with zero attached hydrogens (tertiary/aromatic N) is 2. The Bertz CT molecular complexity index is 1460. The molecule has 0 unspecified atom stereocenters. The number of primary amides is 2. The Morgan fingerprint density at radius 2 is 1.23 bits per heavy atom. The van der Waals surface area contributed by atoms with Crippen LogP contribution in [0.5, 0.6) is 0 Å². The van der Waals surface area contributed by atoms with Crippen molar-refractivity contribution in [1.82, 2.24) is 19.9 Å². The smallest absolute Gasteiger partial charge is 0.253 e. The van der Waals surface area contributed by atoms with Gasteiger partial charge in [-0.3, -0.25) is 9.59 Å². The van der Waals surface area contributed by atoms with Crippen molar-refractivity contribution in [3.63, 3.8) is 0 Å². The average Bonchev–Trinajstić information content (AvgIpc) is 3.46. The standard InChI is InChI=1S/C22H16N6O2/c23-21(29)19-15-5-3-13(26-15)9-11-1-2-12(25-11)10-14-4-6-16(27-14)20(22(24)30)18-8-7-17(19)28-18/h1-10,25-26H,(H2,23,29)(H2,24,30). The van der Waals surface area contributed by atoms with E-state index in [9.17, 15) is 9.59 Å². The zero-order valence-electron chi connectivity index (χ0n) is 15.6. The summed E-state index contributed by atoms with van der Waals surface area (Å²) in [6, 6.07) is 11.2. The molecule has 8 bridgehead atoms. The highest BCUT2D eigenvalue weighted by Crippen LogP contribution is 2.24. The number of nitrogens with one attached hydrogen (secondary N) is 2. The zero-order chi connectivity index (χ0) is 20.8. The van der Waals surface area contributed by atoms with Crippen molar-refractivity contribution < 1.29 is 9.59 Å². The molecule has 5 rings (SSSR count). The second kappa shape index (κ2) is 6.56. The minimum absolute atomic E-state index is 0.171. The van der Waals surface area contributed by atoms with E-state index in [1.165, 1.54) is 0 Å². The van der Waals surface area contributed by atoms with Gasteiger partial charge in [-0.1, -0.05) is 0 Å². The van der Waals surface area contributed by atoms with Gasteiger partial charge < -0.3 is 21.4 Å². The van der Waals surface area contributed by atoms with Gasteiger partial charge in [-0.25, -0.2) is 9.97 Å². The van der Waals surface area contributed by atoms with Crippen molar-refractivity contribution in [2.24, 2.45) is 11.5 Å². The van der Waals surface area contributed by atoms with Gasteiger partial charge in [0.2, 0.25) is 0 Å². The van der Waals surface area contributed by atoms with Crippen molar-refractivity contribution in [2.45, 2.75) is 0 Å². The summed E-state index contributed by atoms with van der Waals surface area (Å²) >= 11 is 0. The van der Waals surface area contributed by atoms with Gasteiger partial charge in [-0.15, -0.1) is 0 Å². The Labute approximate surface area is 170 Å². The number of fused-ring (bicyclic) bond motifs is 8. The van der Waals surface area contributed by atoms with E-state index < -0.39 is 11.8 Å². The number of hydrogen-bond acceptors (Lipinski definition) is 4. The fourth-order valence-electron chi connectivity index (χ4n) is 3.59. The van der Waals surface area contributed by atoms with E-state index in [0.717, 1.165) is 16.6 Å². The molecule has 146 valence electrons. The molecule has 2 aliphatic rings. The van der Waals surface area contributed by atoms with Gasteiger partial charge in [-0.2, -0.15) is 0 Å². The van der Waals surface area contributed by atoms with Crippen LogP contribution in [-0.4, -0.2) is 31.8 Å². The van der Waals surface area contributed by atoms with E-state index in [1.54, 1.807) is 30.4 Å². The Kier molecular flexibility index (Phi) is 3.85. The molecule has 0 atom stereocenters. The van der Waals surface area contributed by atoms with Crippen molar-refractivity contribution in [2.75, 3.05) is 0 Å². The number of carbonyl (C=O) groups excluding carboxylic acids is 2. The lowest BCUT2D eigenvalue weighted by atomic mass is 10.1. The molecule has 5 heterocycles. The quantitative estimate of drug-likeness (QED) is 0.364. The van der Waals surface area contributed by atoms with E-state index in [-0.39, 0.29) is 11.1 Å². The Morgan fingerprint density at radius 3 is 1.97 bits per heavy atom. The highest BCUT2D eigenvalue weighted by atomic mass is 16.1. The fourth-order valence-corrected chi connectivity index (χ4v) is 3.59. The monoisotopic (exact) mass is 396 g/mol. The molecule has 0 aliphatic carbocycles. The summed E-state index contributed by atoms with van der Waals surface area (Å²) < 4.78 is 0. The lowest BCUT2D eigenvalue weighted by Gasteiger charge is -1.99. The van der Waals surface area contributed by atoms with Gasteiger partial charge in [0.25, 0.3) is 11.8 Å². The third-order valence-corrected chi connectivity index (χ3v) is 4.89. The molecule has 0 radical (unpaired) electrons. The Morgan fingerprint density at radius 1 is 0.667 bits per heavy atom. The van der Waals surface area contributed by atoms with Crippen LogP contribution < -0.4 is 11.5 Å². The van der Waals surface area contributed by atoms with Crippen LogP contribution >= 0.6 is 0 Å². The van der Waals surface area contributed by atoms with Crippen LogP contribution in [0.4, 0.5) is 0 Å². The average molecular weight is 396 g/mol. The predicted octanol–water partition coefficient (Wildman–Crippen LogP) is 2.85. The van der Waals surface area contributed by atoms with E-state index >= 15 is 0 Å². The minimum atomic E-state index is -0.662. The lowest BCUT2D eigenvalue weighted by Crippen LogP contribution is -2.15. The molecule has 0 fully saturated rings. The molecule has 2 amide bonds. The van der Waals surface area contributed by atoms with Gasteiger partial charge in [0.15, 0.2) is 0 Å². The molecule has 0 saturated carbocycles. The topological polar surface area (TPSA) is 144 Å². The summed E-state index contributed by atoms with van der Waals surface area (Å²) in [5.41, 5.74) is 16.4. The van der Waals surface area contributed by atoms with Gasteiger partial charge in [0.05, 0.1) is 39.4 Å². The maximum Gasteiger partial charge on any atom is 0.253 e. The number of H-pyrrole nitrogens is 2. The van der Waals surface area contributed by atoms with E-state index in [1.807, 2.05) is 30.3 Å². The van der Waals surface area contributed by atoms with Crippen molar-refractivity contribution >= 4 is 58.2 Å². The summed E-state index contributed by atoms with van der Waals surface area (Å²) in [6.45, 7) is 0. The Hall–Kier alpha value is -4.46. The number of amides is 2. The second-order valence-corrected chi connectivity index (χ2v) is 6.93. The van der Waals surface area contributed by atoms with Crippen LogP contribution in [0.3, 0.4) is 0 Å². The maximum absolute atomic E-state index is 12.2. The van der Waals surface area contributed by atoms with E-state index in [4.69, 9.17) is 11.5 Å². The van der Waals surface area contributed by atoms with Gasteiger partial charge >= 0.3 is 0 Å². The number of aromatic amines is 2. The molecule has 30 heavy (non-hydrogen) atoms. The van der Waals surface area contributed by atoms with Crippen LogP contribution in [0, 0.1) is 0 Å². The number of aromatic nitrogens is 4. The maximum atomic E-state index is 12.2. The summed E-state index contributed by atoms with van der Waals surface area (Å²) in [5.74, 6) is -1.30. The van der Waals surface area contributed by atoms with Crippen molar-refractivity contribution in [1.29, 1.82) is 0 Å². The molecule has 2 aliphatic heterocycles. The largest absolute Gasteiger partial charge is 0.365 e. The van der Waals surface area contributed by atoms with Crippen LogP contribution in [0.1, 0.15) is 43.5 Å². The van der Waals surface area contributed by atoms with Crippen LogP contribution in [0.2, 0.25) is 0 Å². The molecule has 8 heteroatoms.